The smallest absolute Gasteiger partial charge is 0.344 e. The van der Waals surface area contributed by atoms with Gasteiger partial charge in [0.05, 0.1) is 23.6 Å². The SMILES string of the molecule is CCCC(=O)N=C1S/C(=C\c2cc(Br)cc(Cl)c2OC)C(O)=C1C(=O)OCC. The van der Waals surface area contributed by atoms with Gasteiger partial charge in [0.2, 0.25) is 5.91 Å². The van der Waals surface area contributed by atoms with Gasteiger partial charge in [0.25, 0.3) is 0 Å². The quantitative estimate of drug-likeness (QED) is 0.547. The van der Waals surface area contributed by atoms with Crippen molar-refractivity contribution in [1.82, 2.24) is 0 Å². The number of nitrogens with zero attached hydrogens (tertiary/aromatic N) is 1. The number of amides is 1. The van der Waals surface area contributed by atoms with E-state index in [9.17, 15) is 14.7 Å². The van der Waals surface area contributed by atoms with Crippen LogP contribution >= 0.6 is 39.3 Å². The van der Waals surface area contributed by atoms with Gasteiger partial charge in [-0.1, -0.05) is 46.2 Å². The fraction of sp³-hybridized carbons (Fsp3) is 0.316. The maximum absolute atomic E-state index is 12.3. The summed E-state index contributed by atoms with van der Waals surface area (Å²) >= 11 is 10.6. The molecular weight excluding hydrogens is 470 g/mol. The number of aliphatic hydroxyl groups excluding tert-OH is 1. The minimum Gasteiger partial charge on any atom is -0.506 e. The van der Waals surface area contributed by atoms with Gasteiger partial charge in [-0.25, -0.2) is 9.79 Å². The number of esters is 1. The van der Waals surface area contributed by atoms with Gasteiger partial charge in [0.1, 0.15) is 22.1 Å². The van der Waals surface area contributed by atoms with Crippen molar-refractivity contribution >= 4 is 62.3 Å². The van der Waals surface area contributed by atoms with Crippen LogP contribution in [-0.4, -0.2) is 35.7 Å². The molecule has 1 amide bonds. The number of halogens is 2. The standard InChI is InChI=1S/C19H19BrClNO5S/c1-4-6-14(23)22-18-15(19(25)27-5-2)16(24)13(28-18)8-10-7-11(20)9-12(21)17(10)26-3/h7-9,24H,4-6H2,1-3H3/b13-8-,22-18?. The molecule has 0 radical (unpaired) electrons. The van der Waals surface area contributed by atoms with Crippen LogP contribution in [0.5, 0.6) is 5.75 Å². The van der Waals surface area contributed by atoms with Gasteiger partial charge in [-0.05, 0) is 31.6 Å². The van der Waals surface area contributed by atoms with Crippen molar-refractivity contribution in [3.63, 3.8) is 0 Å². The van der Waals surface area contributed by atoms with Crippen LogP contribution in [0.15, 0.2) is 37.8 Å². The molecule has 1 heterocycles. The third kappa shape index (κ3) is 5.18. The Balaban J connectivity index is 2.56. The Morgan fingerprint density at radius 1 is 1.36 bits per heavy atom. The van der Waals surface area contributed by atoms with Crippen LogP contribution in [0.3, 0.4) is 0 Å². The van der Waals surface area contributed by atoms with Gasteiger partial charge in [0, 0.05) is 16.5 Å². The maximum atomic E-state index is 12.3. The van der Waals surface area contributed by atoms with Gasteiger partial charge in [-0.3, -0.25) is 4.79 Å². The number of hydrogen-bond donors (Lipinski definition) is 1. The van der Waals surface area contributed by atoms with Crippen molar-refractivity contribution < 1.29 is 24.2 Å². The van der Waals surface area contributed by atoms with E-state index in [1.807, 2.05) is 6.92 Å². The Labute approximate surface area is 180 Å². The normalized spacial score (nSPS) is 16.8. The fourth-order valence-electron chi connectivity index (χ4n) is 2.42. The lowest BCUT2D eigenvalue weighted by Gasteiger charge is -2.09. The number of methoxy groups -OCH3 is 1. The molecule has 0 aliphatic carbocycles. The fourth-order valence-corrected chi connectivity index (χ4v) is 4.35. The molecule has 0 atom stereocenters. The lowest BCUT2D eigenvalue weighted by molar-refractivity contribution is -0.138. The topological polar surface area (TPSA) is 85.2 Å². The molecular formula is C19H19BrClNO5S. The highest BCUT2D eigenvalue weighted by Crippen LogP contribution is 2.41. The zero-order valence-corrected chi connectivity index (χ0v) is 18.7. The molecule has 0 bridgehead atoms. The number of thioether (sulfide) groups is 1. The third-order valence-corrected chi connectivity index (χ3v) is 5.35. The Morgan fingerprint density at radius 3 is 2.68 bits per heavy atom. The number of rotatable bonds is 6. The molecule has 0 unspecified atom stereocenters. The van der Waals surface area contributed by atoms with Crippen LogP contribution in [0.2, 0.25) is 5.02 Å². The second-order valence-electron chi connectivity index (χ2n) is 5.63. The third-order valence-electron chi connectivity index (χ3n) is 3.59. The van der Waals surface area contributed by atoms with Crippen LogP contribution < -0.4 is 4.74 Å². The maximum Gasteiger partial charge on any atom is 0.344 e. The Kier molecular flexibility index (Phi) is 8.15. The molecule has 9 heteroatoms. The molecule has 1 aliphatic heterocycles. The van der Waals surface area contributed by atoms with Crippen molar-refractivity contribution in [3.8, 4) is 5.75 Å². The van der Waals surface area contributed by atoms with Crippen molar-refractivity contribution in [3.05, 3.63) is 43.4 Å². The van der Waals surface area contributed by atoms with Crippen LogP contribution in [-0.2, 0) is 14.3 Å². The number of aliphatic imine (C=N–C) groups is 1. The summed E-state index contributed by atoms with van der Waals surface area (Å²) in [7, 11) is 1.48. The van der Waals surface area contributed by atoms with Crippen molar-refractivity contribution in [1.29, 1.82) is 0 Å². The van der Waals surface area contributed by atoms with E-state index >= 15 is 0 Å². The summed E-state index contributed by atoms with van der Waals surface area (Å²) in [5, 5.41) is 11.1. The predicted molar refractivity (Wildman–Crippen MR) is 115 cm³/mol. The molecule has 0 saturated heterocycles. The second-order valence-corrected chi connectivity index (χ2v) is 7.98. The summed E-state index contributed by atoms with van der Waals surface area (Å²) < 4.78 is 11.1. The Bertz CT molecular complexity index is 895. The Morgan fingerprint density at radius 2 is 2.07 bits per heavy atom. The van der Waals surface area contributed by atoms with Crippen molar-refractivity contribution in [2.75, 3.05) is 13.7 Å². The molecule has 0 spiro atoms. The highest BCUT2D eigenvalue weighted by Gasteiger charge is 2.34. The molecule has 0 fully saturated rings. The molecule has 1 aromatic rings. The molecule has 1 aliphatic rings. The first-order chi connectivity index (χ1) is 13.3. The Hall–Kier alpha value is -1.77. The first-order valence-electron chi connectivity index (χ1n) is 8.47. The van der Waals surface area contributed by atoms with Gasteiger partial charge < -0.3 is 14.6 Å². The zero-order chi connectivity index (χ0) is 20.8. The number of ether oxygens (including phenoxy) is 2. The van der Waals surface area contributed by atoms with Gasteiger partial charge in [-0.15, -0.1) is 0 Å². The average Bonchev–Trinajstić information content (AvgIpc) is 2.90. The first-order valence-corrected chi connectivity index (χ1v) is 10.5. The molecule has 0 saturated carbocycles. The summed E-state index contributed by atoms with van der Waals surface area (Å²) in [6.45, 7) is 3.64. The molecule has 1 N–H and O–H groups in total. The van der Waals surface area contributed by atoms with Gasteiger partial charge >= 0.3 is 5.97 Å². The van der Waals surface area contributed by atoms with Crippen LogP contribution in [0.4, 0.5) is 0 Å². The van der Waals surface area contributed by atoms with Crippen molar-refractivity contribution in [2.24, 2.45) is 4.99 Å². The van der Waals surface area contributed by atoms with Crippen LogP contribution in [0.1, 0.15) is 32.3 Å². The molecule has 0 aromatic heterocycles. The summed E-state index contributed by atoms with van der Waals surface area (Å²) in [5.41, 5.74) is 0.461. The highest BCUT2D eigenvalue weighted by molar-refractivity contribution is 9.10. The van der Waals surface area contributed by atoms with E-state index in [0.717, 1.165) is 11.8 Å². The molecule has 6 nitrogen and oxygen atoms in total. The lowest BCUT2D eigenvalue weighted by atomic mass is 10.1. The monoisotopic (exact) mass is 487 g/mol. The second kappa shape index (κ2) is 10.1. The molecule has 2 rings (SSSR count). The van der Waals surface area contributed by atoms with E-state index in [4.69, 9.17) is 21.1 Å². The van der Waals surface area contributed by atoms with Crippen LogP contribution in [0.25, 0.3) is 6.08 Å². The molecule has 28 heavy (non-hydrogen) atoms. The average molecular weight is 489 g/mol. The number of hydrogen-bond acceptors (Lipinski definition) is 6. The lowest BCUT2D eigenvalue weighted by Crippen LogP contribution is -2.14. The highest BCUT2D eigenvalue weighted by atomic mass is 79.9. The van der Waals surface area contributed by atoms with E-state index in [1.165, 1.54) is 7.11 Å². The molecule has 150 valence electrons. The largest absolute Gasteiger partial charge is 0.506 e. The number of aliphatic hydroxyl groups is 1. The van der Waals surface area contributed by atoms with E-state index in [0.29, 0.717) is 32.1 Å². The number of benzene rings is 1. The summed E-state index contributed by atoms with van der Waals surface area (Å²) in [4.78, 5) is 28.6. The number of carbonyl (C=O) groups is 2. The first kappa shape index (κ1) is 22.5. The minimum absolute atomic E-state index is 0.112. The summed E-state index contributed by atoms with van der Waals surface area (Å²) in [5.74, 6) is -0.998. The van der Waals surface area contributed by atoms with E-state index in [-0.39, 0.29) is 35.3 Å². The van der Waals surface area contributed by atoms with Crippen molar-refractivity contribution in [2.45, 2.75) is 26.7 Å². The zero-order valence-electron chi connectivity index (χ0n) is 15.5. The van der Waals surface area contributed by atoms with E-state index in [2.05, 4.69) is 20.9 Å². The van der Waals surface area contributed by atoms with E-state index < -0.39 is 5.97 Å². The summed E-state index contributed by atoms with van der Waals surface area (Å²) in [6, 6.07) is 3.44. The molecule has 1 aromatic carbocycles. The van der Waals surface area contributed by atoms with Crippen LogP contribution in [0, 0.1) is 0 Å². The number of carbonyl (C=O) groups excluding carboxylic acids is 2. The van der Waals surface area contributed by atoms with Gasteiger partial charge in [-0.2, -0.15) is 0 Å². The minimum atomic E-state index is -0.738. The predicted octanol–water partition coefficient (Wildman–Crippen LogP) is 5.30. The van der Waals surface area contributed by atoms with Gasteiger partial charge in [0.15, 0.2) is 0 Å². The van der Waals surface area contributed by atoms with E-state index in [1.54, 1.807) is 25.1 Å². The summed E-state index contributed by atoms with van der Waals surface area (Å²) in [6.07, 6.45) is 2.48.